The van der Waals surface area contributed by atoms with Crippen LogP contribution in [0.15, 0.2) is 29.6 Å². The van der Waals surface area contributed by atoms with Crippen LogP contribution in [-0.4, -0.2) is 29.3 Å². The number of hydrogen-bond acceptors (Lipinski definition) is 5. The Morgan fingerprint density at radius 3 is 2.62 bits per heavy atom. The van der Waals surface area contributed by atoms with E-state index in [1.54, 1.807) is 40.6 Å². The molecular weight excluding hydrogens is 326 g/mol. The molecule has 2 aromatic rings. The fraction of sp³-hybridized carbons (Fsp3) is 0.176. The highest BCUT2D eigenvalue weighted by atomic mass is 32.1. The van der Waals surface area contributed by atoms with Crippen LogP contribution in [0.25, 0.3) is 11.6 Å². The molecule has 1 aliphatic rings. The quantitative estimate of drug-likeness (QED) is 0.686. The maximum absolute atomic E-state index is 12.2. The molecule has 0 saturated heterocycles. The lowest BCUT2D eigenvalue weighted by Gasteiger charge is -2.17. The Bertz CT molecular complexity index is 869. The average molecular weight is 341 g/mol. The van der Waals surface area contributed by atoms with E-state index in [9.17, 15) is 14.4 Å². The van der Waals surface area contributed by atoms with Gasteiger partial charge in [-0.3, -0.25) is 24.6 Å². The Hall–Kier alpha value is -2.80. The van der Waals surface area contributed by atoms with Crippen molar-refractivity contribution in [3.63, 3.8) is 0 Å². The van der Waals surface area contributed by atoms with E-state index in [2.05, 4.69) is 10.3 Å². The maximum atomic E-state index is 12.2. The van der Waals surface area contributed by atoms with Crippen LogP contribution in [0, 0.1) is 0 Å². The molecule has 24 heavy (non-hydrogen) atoms. The highest BCUT2D eigenvalue weighted by molar-refractivity contribution is 7.14. The first-order valence-electron chi connectivity index (χ1n) is 7.41. The summed E-state index contributed by atoms with van der Waals surface area (Å²) in [6, 6.07) is 6.93. The molecule has 2 heterocycles. The Labute approximate surface area is 142 Å². The minimum absolute atomic E-state index is 0.0857. The largest absolute Gasteiger partial charge is 0.289 e. The Kier molecular flexibility index (Phi) is 4.26. The van der Waals surface area contributed by atoms with Gasteiger partial charge in [0.05, 0.1) is 5.69 Å². The molecule has 3 amide bonds. The van der Waals surface area contributed by atoms with E-state index in [0.29, 0.717) is 34.1 Å². The van der Waals surface area contributed by atoms with Crippen LogP contribution in [0.2, 0.25) is 0 Å². The summed E-state index contributed by atoms with van der Waals surface area (Å²) < 4.78 is 0. The topological polar surface area (TPSA) is 79.4 Å². The number of aromatic nitrogens is 1. The van der Waals surface area contributed by atoms with E-state index in [-0.39, 0.29) is 5.91 Å². The third kappa shape index (κ3) is 2.85. The van der Waals surface area contributed by atoms with E-state index in [4.69, 9.17) is 0 Å². The number of nitrogens with zero attached hydrogens (tertiary/aromatic N) is 2. The van der Waals surface area contributed by atoms with Crippen molar-refractivity contribution in [1.82, 2.24) is 10.3 Å². The van der Waals surface area contributed by atoms with Gasteiger partial charge in [0.15, 0.2) is 5.13 Å². The number of anilines is 1. The molecule has 7 heteroatoms. The van der Waals surface area contributed by atoms with Crippen LogP contribution in [0.1, 0.15) is 35.5 Å². The molecule has 0 spiro atoms. The molecule has 0 unspecified atom stereocenters. The van der Waals surface area contributed by atoms with Gasteiger partial charge in [-0.2, -0.15) is 0 Å². The van der Waals surface area contributed by atoms with E-state index in [1.807, 2.05) is 6.92 Å². The number of rotatable bonds is 3. The van der Waals surface area contributed by atoms with Gasteiger partial charge in [0.2, 0.25) is 5.91 Å². The summed E-state index contributed by atoms with van der Waals surface area (Å²) in [5.41, 5.74) is 1.99. The standard InChI is InChI=1S/C17H15N3O3S/c1-3-20(10(2)21)17-18-11(9-24-17)8-14-12-6-4-5-7-13(12)15(22)19-16(14)23/h4-9H,3H2,1-2H3,(H,19,22,23). The first-order chi connectivity index (χ1) is 11.5. The lowest BCUT2D eigenvalue weighted by Crippen LogP contribution is -2.36. The van der Waals surface area contributed by atoms with Gasteiger partial charge in [-0.25, -0.2) is 4.98 Å². The third-order valence-electron chi connectivity index (χ3n) is 3.66. The monoisotopic (exact) mass is 341 g/mol. The van der Waals surface area contributed by atoms with Gasteiger partial charge < -0.3 is 0 Å². The van der Waals surface area contributed by atoms with Crippen LogP contribution >= 0.6 is 11.3 Å². The normalized spacial score (nSPS) is 15.2. The van der Waals surface area contributed by atoms with Gasteiger partial charge in [-0.05, 0) is 19.1 Å². The Balaban J connectivity index is 2.01. The Morgan fingerprint density at radius 1 is 1.25 bits per heavy atom. The molecule has 0 bridgehead atoms. The van der Waals surface area contributed by atoms with Crippen LogP contribution in [0.4, 0.5) is 5.13 Å². The smallest absolute Gasteiger partial charge is 0.258 e. The summed E-state index contributed by atoms with van der Waals surface area (Å²) in [5, 5.41) is 4.69. The lowest BCUT2D eigenvalue weighted by molar-refractivity contribution is -0.116. The van der Waals surface area contributed by atoms with Gasteiger partial charge >= 0.3 is 0 Å². The molecule has 1 aliphatic heterocycles. The minimum Gasteiger partial charge on any atom is -0.289 e. The summed E-state index contributed by atoms with van der Waals surface area (Å²) in [6.07, 6.45) is 1.63. The molecule has 0 aliphatic carbocycles. The molecule has 1 aromatic heterocycles. The van der Waals surface area contributed by atoms with Gasteiger partial charge in [0.1, 0.15) is 0 Å². The van der Waals surface area contributed by atoms with Gasteiger partial charge in [0.25, 0.3) is 11.8 Å². The van der Waals surface area contributed by atoms with E-state index >= 15 is 0 Å². The number of amides is 3. The van der Waals surface area contributed by atoms with Crippen LogP contribution < -0.4 is 10.2 Å². The molecule has 0 saturated carbocycles. The fourth-order valence-corrected chi connectivity index (χ4v) is 3.42. The Morgan fingerprint density at radius 2 is 1.96 bits per heavy atom. The number of carbonyl (C=O) groups is 3. The van der Waals surface area contributed by atoms with Gasteiger partial charge in [-0.1, -0.05) is 18.2 Å². The number of fused-ring (bicyclic) bond motifs is 1. The molecule has 1 aromatic carbocycles. The molecule has 3 rings (SSSR count). The number of benzene rings is 1. The SMILES string of the molecule is CCN(C(C)=O)c1nc(C=C2C(=O)NC(=O)c3ccccc32)cs1. The molecule has 1 N–H and O–H groups in total. The van der Waals surface area contributed by atoms with Crippen molar-refractivity contribution in [3.8, 4) is 0 Å². The highest BCUT2D eigenvalue weighted by Crippen LogP contribution is 2.28. The second-order valence-corrected chi connectivity index (χ2v) is 6.04. The number of thiazole rings is 1. The molecule has 0 radical (unpaired) electrons. The van der Waals surface area contributed by atoms with Crippen molar-refractivity contribution < 1.29 is 14.4 Å². The number of hydrogen-bond donors (Lipinski definition) is 1. The molecule has 0 fully saturated rings. The molecule has 122 valence electrons. The number of imide groups is 1. The second-order valence-electron chi connectivity index (χ2n) is 5.21. The van der Waals surface area contributed by atoms with E-state index in [0.717, 1.165) is 0 Å². The van der Waals surface area contributed by atoms with Crippen molar-refractivity contribution in [2.75, 3.05) is 11.4 Å². The van der Waals surface area contributed by atoms with Crippen molar-refractivity contribution >= 4 is 45.8 Å². The first-order valence-corrected chi connectivity index (χ1v) is 8.29. The summed E-state index contributed by atoms with van der Waals surface area (Å²) in [4.78, 5) is 41.6. The van der Waals surface area contributed by atoms with Crippen molar-refractivity contribution in [3.05, 3.63) is 46.5 Å². The summed E-state index contributed by atoms with van der Waals surface area (Å²) >= 11 is 1.33. The van der Waals surface area contributed by atoms with Gasteiger partial charge in [-0.15, -0.1) is 11.3 Å². The highest BCUT2D eigenvalue weighted by Gasteiger charge is 2.27. The number of carbonyl (C=O) groups excluding carboxylic acids is 3. The summed E-state index contributed by atoms with van der Waals surface area (Å²) in [6.45, 7) is 3.88. The average Bonchev–Trinajstić information content (AvgIpc) is 3.00. The summed E-state index contributed by atoms with van der Waals surface area (Å²) in [5.74, 6) is -0.940. The lowest BCUT2D eigenvalue weighted by atomic mass is 9.94. The maximum Gasteiger partial charge on any atom is 0.258 e. The molecule has 0 atom stereocenters. The van der Waals surface area contributed by atoms with Crippen molar-refractivity contribution in [1.29, 1.82) is 0 Å². The van der Waals surface area contributed by atoms with Crippen LogP contribution in [0.3, 0.4) is 0 Å². The van der Waals surface area contributed by atoms with Crippen LogP contribution in [0.5, 0.6) is 0 Å². The van der Waals surface area contributed by atoms with Gasteiger partial charge in [0, 0.05) is 35.5 Å². The predicted molar refractivity (Wildman–Crippen MR) is 92.6 cm³/mol. The molecule has 6 nitrogen and oxygen atoms in total. The second kappa shape index (κ2) is 6.37. The first kappa shape index (κ1) is 16.1. The fourth-order valence-electron chi connectivity index (χ4n) is 2.53. The summed E-state index contributed by atoms with van der Waals surface area (Å²) in [7, 11) is 0. The van der Waals surface area contributed by atoms with E-state index in [1.165, 1.54) is 18.3 Å². The van der Waals surface area contributed by atoms with Crippen molar-refractivity contribution in [2.45, 2.75) is 13.8 Å². The van der Waals surface area contributed by atoms with Crippen LogP contribution in [-0.2, 0) is 9.59 Å². The number of nitrogens with one attached hydrogen (secondary N) is 1. The van der Waals surface area contributed by atoms with E-state index < -0.39 is 11.8 Å². The predicted octanol–water partition coefficient (Wildman–Crippen LogP) is 2.33. The zero-order valence-corrected chi connectivity index (χ0v) is 14.0. The zero-order valence-electron chi connectivity index (χ0n) is 13.2. The zero-order chi connectivity index (χ0) is 17.3. The molecular formula is C17H15N3O3S. The minimum atomic E-state index is -0.452. The third-order valence-corrected chi connectivity index (χ3v) is 4.54. The van der Waals surface area contributed by atoms with Crippen molar-refractivity contribution in [2.24, 2.45) is 0 Å².